The fourth-order valence-corrected chi connectivity index (χ4v) is 3.36. The molecule has 0 fully saturated rings. The number of nitrogens with zero attached hydrogens (tertiary/aromatic N) is 3. The topological polar surface area (TPSA) is 79.9 Å². The molecule has 0 aliphatic carbocycles. The fourth-order valence-electron chi connectivity index (χ4n) is 3.18. The van der Waals surface area contributed by atoms with Gasteiger partial charge in [-0.05, 0) is 56.2 Å². The molecule has 0 unspecified atom stereocenters. The van der Waals surface area contributed by atoms with E-state index < -0.39 is 0 Å². The molecule has 0 atom stereocenters. The molecule has 1 amide bonds. The summed E-state index contributed by atoms with van der Waals surface area (Å²) in [6.45, 7) is 6.17. The van der Waals surface area contributed by atoms with Crippen LogP contribution in [-0.4, -0.2) is 22.3 Å². The Kier molecular flexibility index (Phi) is 6.76. The molecule has 1 heterocycles. The van der Waals surface area contributed by atoms with Crippen LogP contribution >= 0.6 is 11.6 Å². The van der Waals surface area contributed by atoms with Crippen LogP contribution < -0.4 is 10.1 Å². The Morgan fingerprint density at radius 1 is 1.23 bits per heavy atom. The predicted octanol–water partition coefficient (Wildman–Crippen LogP) is 4.21. The van der Waals surface area contributed by atoms with Crippen LogP contribution in [0, 0.1) is 32.1 Å². The van der Waals surface area contributed by atoms with Gasteiger partial charge in [-0.3, -0.25) is 4.79 Å². The number of nitrogens with one attached hydrogen (secondary N) is 1. The summed E-state index contributed by atoms with van der Waals surface area (Å²) in [4.78, 5) is 12.5. The molecule has 1 aromatic heterocycles. The highest BCUT2D eigenvalue weighted by Gasteiger charge is 2.16. The lowest BCUT2D eigenvalue weighted by atomic mass is 10.1. The van der Waals surface area contributed by atoms with Crippen molar-refractivity contribution in [2.45, 2.75) is 33.7 Å². The minimum atomic E-state index is -0.0916. The predicted molar refractivity (Wildman–Crippen MR) is 116 cm³/mol. The van der Waals surface area contributed by atoms with Crippen LogP contribution in [0.1, 0.15) is 28.1 Å². The van der Waals surface area contributed by atoms with Gasteiger partial charge in [0.1, 0.15) is 11.8 Å². The van der Waals surface area contributed by atoms with Crippen molar-refractivity contribution in [1.82, 2.24) is 15.1 Å². The van der Waals surface area contributed by atoms with Gasteiger partial charge in [0.15, 0.2) is 6.61 Å². The van der Waals surface area contributed by atoms with E-state index in [1.165, 1.54) is 0 Å². The summed E-state index contributed by atoms with van der Waals surface area (Å²) < 4.78 is 7.11. The summed E-state index contributed by atoms with van der Waals surface area (Å²) in [5, 5.41) is 16.8. The number of nitriles is 1. The third kappa shape index (κ3) is 5.00. The average Bonchev–Trinajstić information content (AvgIpc) is 3.01. The molecule has 7 heteroatoms. The molecule has 0 aliphatic heterocycles. The number of carbonyl (C=O) groups excluding carboxylic acids is 1. The highest BCUT2D eigenvalue weighted by atomic mass is 35.5. The lowest BCUT2D eigenvalue weighted by Crippen LogP contribution is -2.25. The first kappa shape index (κ1) is 21.4. The second kappa shape index (κ2) is 9.47. The molecule has 0 saturated heterocycles. The number of hydrogen-bond acceptors (Lipinski definition) is 4. The van der Waals surface area contributed by atoms with Crippen molar-refractivity contribution in [3.63, 3.8) is 0 Å². The summed E-state index contributed by atoms with van der Waals surface area (Å²) in [6, 6.07) is 15.1. The van der Waals surface area contributed by atoms with Crippen LogP contribution in [0.3, 0.4) is 0 Å². The highest BCUT2D eigenvalue weighted by molar-refractivity contribution is 6.31. The van der Waals surface area contributed by atoms with Crippen molar-refractivity contribution in [2.75, 3.05) is 6.61 Å². The molecular formula is C23H23ClN4O2. The van der Waals surface area contributed by atoms with Crippen LogP contribution in [0.15, 0.2) is 42.5 Å². The molecule has 154 valence electrons. The lowest BCUT2D eigenvalue weighted by molar-refractivity contribution is -0.120. The van der Waals surface area contributed by atoms with Crippen LogP contribution in [0.25, 0.3) is 5.69 Å². The van der Waals surface area contributed by atoms with Gasteiger partial charge in [-0.25, -0.2) is 4.68 Å². The second-order valence-electron chi connectivity index (χ2n) is 7.04. The molecule has 0 radical (unpaired) electrons. The Bertz CT molecular complexity index is 1110. The number of amides is 1. The first-order valence-corrected chi connectivity index (χ1v) is 9.94. The smallest absolute Gasteiger partial charge is 0.224 e. The summed E-state index contributed by atoms with van der Waals surface area (Å²) in [5.41, 5.74) is 5.39. The van der Waals surface area contributed by atoms with E-state index >= 15 is 0 Å². The Balaban J connectivity index is 1.68. The molecule has 1 N–H and O–H groups in total. The van der Waals surface area contributed by atoms with Crippen molar-refractivity contribution >= 4 is 17.5 Å². The maximum absolute atomic E-state index is 12.5. The zero-order valence-electron chi connectivity index (χ0n) is 17.2. The van der Waals surface area contributed by atoms with Gasteiger partial charge in [0, 0.05) is 22.8 Å². The maximum atomic E-state index is 12.5. The van der Waals surface area contributed by atoms with Crippen LogP contribution in [-0.2, 0) is 17.8 Å². The monoisotopic (exact) mass is 422 g/mol. The van der Waals surface area contributed by atoms with Gasteiger partial charge < -0.3 is 10.1 Å². The molecule has 3 rings (SSSR count). The van der Waals surface area contributed by atoms with E-state index in [0.717, 1.165) is 33.8 Å². The molecule has 0 bridgehead atoms. The van der Waals surface area contributed by atoms with Crippen molar-refractivity contribution in [3.8, 4) is 17.5 Å². The fraction of sp³-hybridized carbons (Fsp3) is 0.261. The molecule has 6 nitrogen and oxygen atoms in total. The number of rotatable bonds is 7. The molecule has 0 saturated carbocycles. The van der Waals surface area contributed by atoms with Crippen LogP contribution in [0.2, 0.25) is 5.02 Å². The van der Waals surface area contributed by atoms with Crippen LogP contribution in [0.4, 0.5) is 0 Å². The third-order valence-electron chi connectivity index (χ3n) is 4.87. The SMILES string of the molecule is Cc1ccc(-n2nc(C)c(CC(=O)NCc3cccc(OCC#N)c3)c2C)cc1Cl. The van der Waals surface area contributed by atoms with E-state index in [-0.39, 0.29) is 18.9 Å². The first-order chi connectivity index (χ1) is 14.4. The molecule has 2 aromatic carbocycles. The van der Waals surface area contributed by atoms with Gasteiger partial charge in [0.2, 0.25) is 5.91 Å². The van der Waals surface area contributed by atoms with Gasteiger partial charge in [-0.2, -0.15) is 10.4 Å². The van der Waals surface area contributed by atoms with Gasteiger partial charge in [0.25, 0.3) is 0 Å². The number of carbonyl (C=O) groups is 1. The molecule has 0 aliphatic rings. The number of halogens is 1. The molecular weight excluding hydrogens is 400 g/mol. The summed E-state index contributed by atoms with van der Waals surface area (Å²) >= 11 is 6.26. The van der Waals surface area contributed by atoms with Crippen molar-refractivity contribution in [1.29, 1.82) is 5.26 Å². The Morgan fingerprint density at radius 3 is 2.77 bits per heavy atom. The van der Waals surface area contributed by atoms with Crippen molar-refractivity contribution in [2.24, 2.45) is 0 Å². The largest absolute Gasteiger partial charge is 0.479 e. The Morgan fingerprint density at radius 2 is 2.03 bits per heavy atom. The minimum Gasteiger partial charge on any atom is -0.479 e. The van der Waals surface area contributed by atoms with Crippen molar-refractivity contribution < 1.29 is 9.53 Å². The maximum Gasteiger partial charge on any atom is 0.224 e. The number of benzene rings is 2. The number of hydrogen-bond donors (Lipinski definition) is 1. The lowest BCUT2D eigenvalue weighted by Gasteiger charge is -2.09. The number of aromatic nitrogens is 2. The molecule has 3 aromatic rings. The van der Waals surface area contributed by atoms with E-state index in [1.807, 2.05) is 67.9 Å². The summed E-state index contributed by atoms with van der Waals surface area (Å²) in [5.74, 6) is 0.513. The van der Waals surface area contributed by atoms with E-state index in [0.29, 0.717) is 17.3 Å². The third-order valence-corrected chi connectivity index (χ3v) is 5.28. The zero-order chi connectivity index (χ0) is 21.7. The quantitative estimate of drug-likeness (QED) is 0.618. The molecule has 0 spiro atoms. The second-order valence-corrected chi connectivity index (χ2v) is 7.45. The van der Waals surface area contributed by atoms with Crippen LogP contribution in [0.5, 0.6) is 5.75 Å². The van der Waals surface area contributed by atoms with E-state index in [1.54, 1.807) is 6.07 Å². The van der Waals surface area contributed by atoms with E-state index in [2.05, 4.69) is 10.4 Å². The highest BCUT2D eigenvalue weighted by Crippen LogP contribution is 2.23. The Hall–Kier alpha value is -3.30. The Labute approximate surface area is 181 Å². The van der Waals surface area contributed by atoms with E-state index in [9.17, 15) is 4.79 Å². The van der Waals surface area contributed by atoms with Crippen molar-refractivity contribution in [3.05, 3.63) is 75.6 Å². The van der Waals surface area contributed by atoms with Gasteiger partial charge >= 0.3 is 0 Å². The zero-order valence-corrected chi connectivity index (χ0v) is 18.0. The minimum absolute atomic E-state index is 0.00937. The van der Waals surface area contributed by atoms with E-state index in [4.69, 9.17) is 21.6 Å². The number of ether oxygens (including phenoxy) is 1. The van der Waals surface area contributed by atoms with Gasteiger partial charge in [-0.1, -0.05) is 29.8 Å². The average molecular weight is 423 g/mol. The normalized spacial score (nSPS) is 10.5. The van der Waals surface area contributed by atoms with Gasteiger partial charge in [-0.15, -0.1) is 0 Å². The number of aryl methyl sites for hydroxylation is 2. The standard InChI is InChI=1S/C23H23ClN4O2/c1-15-7-8-19(12-22(15)24)28-17(3)21(16(2)27-28)13-23(29)26-14-18-5-4-6-20(11-18)30-10-9-25/h4-8,11-12H,10,13-14H2,1-3H3,(H,26,29). The van der Waals surface area contributed by atoms with Gasteiger partial charge in [0.05, 0.1) is 17.8 Å². The summed E-state index contributed by atoms with van der Waals surface area (Å²) in [7, 11) is 0. The first-order valence-electron chi connectivity index (χ1n) is 9.56. The molecule has 30 heavy (non-hydrogen) atoms. The summed E-state index contributed by atoms with van der Waals surface area (Å²) in [6.07, 6.45) is 0.238.